The highest BCUT2D eigenvalue weighted by atomic mass is 35.5. The first kappa shape index (κ1) is 24.3. The van der Waals surface area contributed by atoms with E-state index in [2.05, 4.69) is 5.32 Å². The van der Waals surface area contributed by atoms with Crippen LogP contribution in [0.2, 0.25) is 5.02 Å². The van der Waals surface area contributed by atoms with Crippen molar-refractivity contribution in [2.75, 3.05) is 0 Å². The van der Waals surface area contributed by atoms with Gasteiger partial charge in [-0.1, -0.05) is 84.4 Å². The Bertz CT molecular complexity index is 1210. The molecule has 1 heterocycles. The molecule has 0 saturated heterocycles. The minimum Gasteiger partial charge on any atom is -0.467 e. The highest BCUT2D eigenvalue weighted by molar-refractivity contribution is 6.30. The Morgan fingerprint density at radius 2 is 1.46 bits per heavy atom. The van der Waals surface area contributed by atoms with Crippen LogP contribution in [0.5, 0.6) is 0 Å². The van der Waals surface area contributed by atoms with E-state index in [0.29, 0.717) is 17.2 Å². The topological polar surface area (TPSA) is 62.6 Å². The molecular weight excluding hydrogens is 460 g/mol. The molecule has 1 N–H and O–H groups in total. The maximum Gasteiger partial charge on any atom is 0.243 e. The molecule has 178 valence electrons. The minimum absolute atomic E-state index is 0.125. The van der Waals surface area contributed by atoms with Gasteiger partial charge in [-0.2, -0.15) is 0 Å². The van der Waals surface area contributed by atoms with Crippen LogP contribution in [0.25, 0.3) is 0 Å². The zero-order valence-corrected chi connectivity index (χ0v) is 20.0. The standard InChI is InChI=1S/C29H27ClN2O3/c30-25-15-13-24(14-16-25)21-32(28(33)19-23-10-5-2-6-11-23)27(18-22-8-3-1-4-9-22)29(34)31-20-26-12-7-17-35-26/h1-17,27H,18-21H2,(H,31,34)/t27-/m1/s1. The van der Waals surface area contributed by atoms with E-state index in [1.807, 2.05) is 72.8 Å². The summed E-state index contributed by atoms with van der Waals surface area (Å²) in [5, 5.41) is 3.57. The van der Waals surface area contributed by atoms with Gasteiger partial charge in [0.15, 0.2) is 0 Å². The van der Waals surface area contributed by atoms with Crippen molar-refractivity contribution in [2.24, 2.45) is 0 Å². The molecule has 0 saturated carbocycles. The third kappa shape index (κ3) is 7.08. The Morgan fingerprint density at radius 3 is 2.09 bits per heavy atom. The molecule has 0 radical (unpaired) electrons. The number of nitrogens with one attached hydrogen (secondary N) is 1. The van der Waals surface area contributed by atoms with Gasteiger partial charge in [0.25, 0.3) is 0 Å². The number of rotatable bonds is 10. The summed E-state index contributed by atoms with van der Waals surface area (Å²) in [5.41, 5.74) is 2.76. The molecule has 0 spiro atoms. The van der Waals surface area contributed by atoms with E-state index in [9.17, 15) is 9.59 Å². The summed E-state index contributed by atoms with van der Waals surface area (Å²) in [7, 11) is 0. The van der Waals surface area contributed by atoms with Gasteiger partial charge in [-0.05, 0) is 41.0 Å². The van der Waals surface area contributed by atoms with Crippen LogP contribution in [0, 0.1) is 0 Å². The Labute approximate surface area is 210 Å². The number of carbonyl (C=O) groups excluding carboxylic acids is 2. The Hall–Kier alpha value is -3.83. The van der Waals surface area contributed by atoms with Crippen LogP contribution < -0.4 is 5.32 Å². The van der Waals surface area contributed by atoms with Crippen LogP contribution in [0.3, 0.4) is 0 Å². The summed E-state index contributed by atoms with van der Waals surface area (Å²) in [6.07, 6.45) is 2.16. The molecule has 0 aliphatic heterocycles. The summed E-state index contributed by atoms with van der Waals surface area (Å²) in [6, 6.07) is 29.5. The van der Waals surface area contributed by atoms with Crippen molar-refractivity contribution in [3.05, 3.63) is 131 Å². The largest absolute Gasteiger partial charge is 0.467 e. The predicted octanol–water partition coefficient (Wildman–Crippen LogP) is 5.43. The smallest absolute Gasteiger partial charge is 0.243 e. The van der Waals surface area contributed by atoms with E-state index in [1.165, 1.54) is 0 Å². The van der Waals surface area contributed by atoms with E-state index < -0.39 is 6.04 Å². The van der Waals surface area contributed by atoms with E-state index in [-0.39, 0.29) is 31.3 Å². The lowest BCUT2D eigenvalue weighted by molar-refractivity contribution is -0.140. The van der Waals surface area contributed by atoms with Gasteiger partial charge in [0.1, 0.15) is 11.8 Å². The van der Waals surface area contributed by atoms with Gasteiger partial charge < -0.3 is 14.6 Å². The summed E-state index contributed by atoms with van der Waals surface area (Å²) >= 11 is 6.07. The lowest BCUT2D eigenvalue weighted by Gasteiger charge is -2.31. The molecule has 0 bridgehead atoms. The second kappa shape index (κ2) is 12.0. The van der Waals surface area contributed by atoms with E-state index in [4.69, 9.17) is 16.0 Å². The molecule has 2 amide bonds. The monoisotopic (exact) mass is 486 g/mol. The average Bonchev–Trinajstić information content (AvgIpc) is 3.41. The number of amides is 2. The normalized spacial score (nSPS) is 11.6. The van der Waals surface area contributed by atoms with Crippen molar-refractivity contribution >= 4 is 23.4 Å². The molecule has 0 fully saturated rings. The molecule has 35 heavy (non-hydrogen) atoms. The molecule has 3 aromatic carbocycles. The van der Waals surface area contributed by atoms with Crippen LogP contribution in [0.4, 0.5) is 0 Å². The predicted molar refractivity (Wildman–Crippen MR) is 137 cm³/mol. The van der Waals surface area contributed by atoms with Crippen molar-refractivity contribution in [3.8, 4) is 0 Å². The van der Waals surface area contributed by atoms with Crippen molar-refractivity contribution in [3.63, 3.8) is 0 Å². The molecule has 0 unspecified atom stereocenters. The summed E-state index contributed by atoms with van der Waals surface area (Å²) in [6.45, 7) is 0.535. The van der Waals surface area contributed by atoms with Crippen molar-refractivity contribution < 1.29 is 14.0 Å². The van der Waals surface area contributed by atoms with Crippen molar-refractivity contribution in [2.45, 2.75) is 32.0 Å². The third-order valence-corrected chi connectivity index (χ3v) is 6.00. The van der Waals surface area contributed by atoms with Crippen molar-refractivity contribution in [1.82, 2.24) is 10.2 Å². The van der Waals surface area contributed by atoms with Crippen LogP contribution in [0.1, 0.15) is 22.5 Å². The first-order valence-corrected chi connectivity index (χ1v) is 11.9. The summed E-state index contributed by atoms with van der Waals surface area (Å²) < 4.78 is 5.37. The number of hydrogen-bond donors (Lipinski definition) is 1. The second-order valence-corrected chi connectivity index (χ2v) is 8.75. The number of nitrogens with zero attached hydrogens (tertiary/aromatic N) is 1. The van der Waals surface area contributed by atoms with Gasteiger partial charge in [-0.15, -0.1) is 0 Å². The summed E-state index contributed by atoms with van der Waals surface area (Å²) in [4.78, 5) is 28.8. The van der Waals surface area contributed by atoms with Gasteiger partial charge in [-0.25, -0.2) is 0 Å². The Kier molecular flexibility index (Phi) is 8.36. The van der Waals surface area contributed by atoms with Crippen LogP contribution in [0.15, 0.2) is 108 Å². The highest BCUT2D eigenvalue weighted by Gasteiger charge is 2.30. The zero-order valence-electron chi connectivity index (χ0n) is 19.3. The maximum absolute atomic E-state index is 13.7. The number of furan rings is 1. The molecular formula is C29H27ClN2O3. The van der Waals surface area contributed by atoms with Gasteiger partial charge in [0, 0.05) is 18.0 Å². The quantitative estimate of drug-likeness (QED) is 0.325. The van der Waals surface area contributed by atoms with Gasteiger partial charge in [0.05, 0.1) is 19.2 Å². The average molecular weight is 487 g/mol. The lowest BCUT2D eigenvalue weighted by Crippen LogP contribution is -2.50. The minimum atomic E-state index is -0.709. The number of benzene rings is 3. The molecule has 4 rings (SSSR count). The number of halogens is 1. The van der Waals surface area contributed by atoms with Crippen LogP contribution in [-0.2, 0) is 35.5 Å². The second-order valence-electron chi connectivity index (χ2n) is 8.31. The van der Waals surface area contributed by atoms with E-state index >= 15 is 0 Å². The first-order valence-electron chi connectivity index (χ1n) is 11.5. The van der Waals surface area contributed by atoms with E-state index in [1.54, 1.807) is 35.4 Å². The number of carbonyl (C=O) groups is 2. The van der Waals surface area contributed by atoms with Gasteiger partial charge in [0.2, 0.25) is 11.8 Å². The molecule has 4 aromatic rings. The molecule has 0 aliphatic carbocycles. The van der Waals surface area contributed by atoms with Crippen LogP contribution in [-0.4, -0.2) is 22.8 Å². The Balaban J connectivity index is 1.63. The fraction of sp³-hybridized carbons (Fsp3) is 0.172. The summed E-state index contributed by atoms with van der Waals surface area (Å²) in [5.74, 6) is 0.289. The molecule has 1 atom stereocenters. The molecule has 6 heteroatoms. The third-order valence-electron chi connectivity index (χ3n) is 5.75. The molecule has 5 nitrogen and oxygen atoms in total. The number of hydrogen-bond acceptors (Lipinski definition) is 3. The first-order chi connectivity index (χ1) is 17.1. The van der Waals surface area contributed by atoms with Gasteiger partial charge >= 0.3 is 0 Å². The van der Waals surface area contributed by atoms with Crippen molar-refractivity contribution in [1.29, 1.82) is 0 Å². The van der Waals surface area contributed by atoms with Gasteiger partial charge in [-0.3, -0.25) is 9.59 Å². The molecule has 0 aliphatic rings. The van der Waals surface area contributed by atoms with E-state index in [0.717, 1.165) is 16.7 Å². The fourth-order valence-corrected chi connectivity index (χ4v) is 4.04. The highest BCUT2D eigenvalue weighted by Crippen LogP contribution is 2.18. The fourth-order valence-electron chi connectivity index (χ4n) is 3.92. The van der Waals surface area contributed by atoms with Crippen LogP contribution >= 0.6 is 11.6 Å². The SMILES string of the molecule is O=C(NCc1ccco1)[C@@H](Cc1ccccc1)N(Cc1ccc(Cl)cc1)C(=O)Cc1ccccc1. The molecule has 1 aromatic heterocycles. The lowest BCUT2D eigenvalue weighted by atomic mass is 10.0. The zero-order chi connectivity index (χ0) is 24.5. The Morgan fingerprint density at radius 1 is 0.800 bits per heavy atom. The maximum atomic E-state index is 13.7.